The molecule has 2 aromatic carbocycles. The fourth-order valence-corrected chi connectivity index (χ4v) is 3.96. The van der Waals surface area contributed by atoms with Crippen molar-refractivity contribution < 1.29 is 19.4 Å². The first-order valence-corrected chi connectivity index (χ1v) is 10.8. The SMILES string of the molecule is CCCCCC(CC(=O)O)N1CCc2cc(OCc3ccc(C#N)cc3)ccc2C1=O. The smallest absolute Gasteiger partial charge is 0.305 e. The van der Waals surface area contributed by atoms with Gasteiger partial charge in [0, 0.05) is 18.2 Å². The van der Waals surface area contributed by atoms with Gasteiger partial charge in [0.15, 0.2) is 0 Å². The zero-order valence-corrected chi connectivity index (χ0v) is 17.8. The fourth-order valence-electron chi connectivity index (χ4n) is 3.96. The number of hydrogen-bond donors (Lipinski definition) is 1. The number of carbonyl (C=O) groups excluding carboxylic acids is 1. The Hall–Kier alpha value is -3.33. The van der Waals surface area contributed by atoms with E-state index in [1.807, 2.05) is 18.2 Å². The van der Waals surface area contributed by atoms with Crippen molar-refractivity contribution >= 4 is 11.9 Å². The van der Waals surface area contributed by atoms with Gasteiger partial charge >= 0.3 is 5.97 Å². The van der Waals surface area contributed by atoms with Gasteiger partial charge in [0.05, 0.1) is 18.1 Å². The fraction of sp³-hybridized carbons (Fsp3) is 0.400. The molecule has 0 bridgehead atoms. The summed E-state index contributed by atoms with van der Waals surface area (Å²) in [6.45, 7) is 3.01. The van der Waals surface area contributed by atoms with E-state index in [1.165, 1.54) is 0 Å². The summed E-state index contributed by atoms with van der Waals surface area (Å²) in [5.41, 5.74) is 3.13. The highest BCUT2D eigenvalue weighted by Crippen LogP contribution is 2.27. The standard InChI is InChI=1S/C25H28N2O4/c1-2-3-4-5-21(15-24(28)29)27-13-12-20-14-22(10-11-23(20)25(27)30)31-17-19-8-6-18(16-26)7-9-19/h6-11,14,21H,2-5,12-13,15,17H2,1H3,(H,28,29). The predicted molar refractivity (Wildman–Crippen MR) is 117 cm³/mol. The van der Waals surface area contributed by atoms with Crippen LogP contribution < -0.4 is 4.74 Å². The molecule has 0 saturated carbocycles. The van der Waals surface area contributed by atoms with Crippen LogP contribution in [0.2, 0.25) is 0 Å². The minimum atomic E-state index is -0.869. The summed E-state index contributed by atoms with van der Waals surface area (Å²) in [5.74, 6) is -0.274. The number of aliphatic carboxylic acids is 1. The minimum Gasteiger partial charge on any atom is -0.489 e. The quantitative estimate of drug-likeness (QED) is 0.569. The van der Waals surface area contributed by atoms with Crippen LogP contribution in [0.25, 0.3) is 0 Å². The van der Waals surface area contributed by atoms with E-state index in [9.17, 15) is 14.7 Å². The highest BCUT2D eigenvalue weighted by molar-refractivity contribution is 5.97. The van der Waals surface area contributed by atoms with Crippen LogP contribution in [-0.2, 0) is 17.8 Å². The van der Waals surface area contributed by atoms with Gasteiger partial charge in [0.1, 0.15) is 12.4 Å². The Bertz CT molecular complexity index is 962. The van der Waals surface area contributed by atoms with Crippen molar-refractivity contribution in [3.05, 3.63) is 64.7 Å². The Balaban J connectivity index is 1.67. The zero-order chi connectivity index (χ0) is 22.2. The lowest BCUT2D eigenvalue weighted by Gasteiger charge is -2.35. The number of carboxylic acid groups (broad SMARTS) is 1. The molecule has 6 heteroatoms. The van der Waals surface area contributed by atoms with Gasteiger partial charge < -0.3 is 14.7 Å². The third-order valence-corrected chi connectivity index (χ3v) is 5.67. The first kappa shape index (κ1) is 22.4. The molecule has 1 aliphatic heterocycles. The number of nitrogens with zero attached hydrogens (tertiary/aromatic N) is 2. The van der Waals surface area contributed by atoms with Crippen molar-refractivity contribution in [2.75, 3.05) is 6.54 Å². The second-order valence-corrected chi connectivity index (χ2v) is 7.91. The molecule has 2 aromatic rings. The Morgan fingerprint density at radius 1 is 1.23 bits per heavy atom. The third-order valence-electron chi connectivity index (χ3n) is 5.67. The van der Waals surface area contributed by atoms with E-state index >= 15 is 0 Å². The van der Waals surface area contributed by atoms with Gasteiger partial charge in [-0.25, -0.2) is 0 Å². The van der Waals surface area contributed by atoms with Gasteiger partial charge in [-0.2, -0.15) is 5.26 Å². The number of unbranched alkanes of at least 4 members (excludes halogenated alkanes) is 2. The van der Waals surface area contributed by atoms with Crippen molar-refractivity contribution in [1.82, 2.24) is 4.90 Å². The molecule has 0 aromatic heterocycles. The molecule has 0 spiro atoms. The van der Waals surface area contributed by atoms with Gasteiger partial charge in [0.25, 0.3) is 5.91 Å². The second kappa shape index (κ2) is 10.6. The second-order valence-electron chi connectivity index (χ2n) is 7.91. The van der Waals surface area contributed by atoms with Crippen molar-refractivity contribution in [3.8, 4) is 11.8 Å². The Morgan fingerprint density at radius 3 is 2.68 bits per heavy atom. The van der Waals surface area contributed by atoms with Crippen LogP contribution in [0, 0.1) is 11.3 Å². The third kappa shape index (κ3) is 5.85. The number of nitriles is 1. The number of fused-ring (bicyclic) bond motifs is 1. The topological polar surface area (TPSA) is 90.6 Å². The van der Waals surface area contributed by atoms with Gasteiger partial charge in [-0.15, -0.1) is 0 Å². The average Bonchev–Trinajstić information content (AvgIpc) is 2.77. The van der Waals surface area contributed by atoms with Crippen LogP contribution in [-0.4, -0.2) is 34.5 Å². The summed E-state index contributed by atoms with van der Waals surface area (Å²) in [5, 5.41) is 18.2. The average molecular weight is 421 g/mol. The lowest BCUT2D eigenvalue weighted by molar-refractivity contribution is -0.138. The molecule has 3 rings (SSSR count). The van der Waals surface area contributed by atoms with E-state index in [0.29, 0.717) is 42.9 Å². The van der Waals surface area contributed by atoms with Gasteiger partial charge in [-0.1, -0.05) is 38.3 Å². The van der Waals surface area contributed by atoms with Crippen LogP contribution in [0.5, 0.6) is 5.75 Å². The number of carbonyl (C=O) groups is 2. The normalized spacial score (nSPS) is 13.9. The molecule has 1 aliphatic rings. The van der Waals surface area contributed by atoms with E-state index in [2.05, 4.69) is 13.0 Å². The van der Waals surface area contributed by atoms with Crippen LogP contribution >= 0.6 is 0 Å². The molecule has 6 nitrogen and oxygen atoms in total. The predicted octanol–water partition coefficient (Wildman–Crippen LogP) is 4.56. The molecule has 1 atom stereocenters. The molecule has 1 heterocycles. The molecule has 1 N–H and O–H groups in total. The number of hydrogen-bond acceptors (Lipinski definition) is 4. The number of ether oxygens (including phenoxy) is 1. The maximum Gasteiger partial charge on any atom is 0.305 e. The molecule has 31 heavy (non-hydrogen) atoms. The Morgan fingerprint density at radius 2 is 2.00 bits per heavy atom. The van der Waals surface area contributed by atoms with Crippen LogP contribution in [0.1, 0.15) is 66.1 Å². The minimum absolute atomic E-state index is 0.0173. The van der Waals surface area contributed by atoms with Gasteiger partial charge in [0.2, 0.25) is 0 Å². The zero-order valence-electron chi connectivity index (χ0n) is 17.8. The largest absolute Gasteiger partial charge is 0.489 e. The lowest BCUT2D eigenvalue weighted by Crippen LogP contribution is -2.45. The van der Waals surface area contributed by atoms with Crippen molar-refractivity contribution in [2.45, 2.75) is 58.1 Å². The molecule has 1 amide bonds. The van der Waals surface area contributed by atoms with Crippen LogP contribution in [0.15, 0.2) is 42.5 Å². The summed E-state index contributed by atoms with van der Waals surface area (Å²) < 4.78 is 5.87. The van der Waals surface area contributed by atoms with Crippen molar-refractivity contribution in [3.63, 3.8) is 0 Å². The number of rotatable bonds is 10. The molecule has 162 valence electrons. The lowest BCUT2D eigenvalue weighted by atomic mass is 9.95. The number of carboxylic acids is 1. The highest BCUT2D eigenvalue weighted by atomic mass is 16.5. The van der Waals surface area contributed by atoms with Crippen molar-refractivity contribution in [1.29, 1.82) is 5.26 Å². The van der Waals surface area contributed by atoms with E-state index in [-0.39, 0.29) is 18.4 Å². The van der Waals surface area contributed by atoms with Crippen molar-refractivity contribution in [2.24, 2.45) is 0 Å². The molecular formula is C25H28N2O4. The molecule has 0 aliphatic carbocycles. The van der Waals surface area contributed by atoms with E-state index < -0.39 is 5.97 Å². The van der Waals surface area contributed by atoms with Crippen LogP contribution in [0.4, 0.5) is 0 Å². The molecular weight excluding hydrogens is 392 g/mol. The number of benzene rings is 2. The Labute approximate surface area is 183 Å². The molecule has 0 radical (unpaired) electrons. The molecule has 1 unspecified atom stereocenters. The van der Waals surface area contributed by atoms with E-state index in [4.69, 9.17) is 10.00 Å². The van der Waals surface area contributed by atoms with E-state index in [0.717, 1.165) is 30.4 Å². The van der Waals surface area contributed by atoms with Crippen LogP contribution in [0.3, 0.4) is 0 Å². The first-order chi connectivity index (χ1) is 15.0. The van der Waals surface area contributed by atoms with Gasteiger partial charge in [-0.3, -0.25) is 9.59 Å². The summed E-state index contributed by atoms with van der Waals surface area (Å²) >= 11 is 0. The Kier molecular flexibility index (Phi) is 7.66. The monoisotopic (exact) mass is 420 g/mol. The molecule has 0 saturated heterocycles. The summed E-state index contributed by atoms with van der Waals surface area (Å²) in [7, 11) is 0. The summed E-state index contributed by atoms with van der Waals surface area (Å²) in [4.78, 5) is 26.2. The summed E-state index contributed by atoms with van der Waals surface area (Å²) in [6, 6.07) is 14.5. The van der Waals surface area contributed by atoms with Gasteiger partial charge in [-0.05, 0) is 54.3 Å². The highest BCUT2D eigenvalue weighted by Gasteiger charge is 2.31. The maximum absolute atomic E-state index is 13.1. The summed E-state index contributed by atoms with van der Waals surface area (Å²) in [6.07, 6.45) is 4.40. The first-order valence-electron chi connectivity index (χ1n) is 10.8. The molecule has 0 fully saturated rings. The van der Waals surface area contributed by atoms with E-state index in [1.54, 1.807) is 29.2 Å². The number of amides is 1. The maximum atomic E-state index is 13.1.